The summed E-state index contributed by atoms with van der Waals surface area (Å²) in [5.41, 5.74) is 8.71. The Balaban J connectivity index is 1.51. The Morgan fingerprint density at radius 1 is 0.742 bits per heavy atom. The SMILES string of the molecule is COc1cccc(CN(Cc2cccc(Oc3ccccc3)c2)C2CCC(N)CC2)c1. The summed E-state index contributed by atoms with van der Waals surface area (Å²) in [6, 6.07) is 27.6. The molecule has 0 bridgehead atoms. The van der Waals surface area contributed by atoms with Crippen LogP contribution in [-0.2, 0) is 13.1 Å². The molecule has 0 spiro atoms. The molecule has 0 atom stereocenters. The van der Waals surface area contributed by atoms with Crippen molar-refractivity contribution in [2.24, 2.45) is 5.73 Å². The Bertz CT molecular complexity index is 952. The molecule has 1 saturated carbocycles. The summed E-state index contributed by atoms with van der Waals surface area (Å²) in [5.74, 6) is 2.63. The standard InChI is InChI=1S/C27H32N2O2/c1-30-26-11-5-7-21(17-26)19-29(24-15-13-23(28)14-16-24)20-22-8-6-12-27(18-22)31-25-9-3-2-4-10-25/h2-12,17-18,23-24H,13-16,19-20,28H2,1H3. The first-order valence-corrected chi connectivity index (χ1v) is 11.1. The number of ether oxygens (including phenoxy) is 2. The van der Waals surface area contributed by atoms with Crippen molar-refractivity contribution in [1.82, 2.24) is 4.90 Å². The molecule has 4 rings (SSSR count). The Labute approximate surface area is 185 Å². The van der Waals surface area contributed by atoms with E-state index in [1.807, 2.05) is 42.5 Å². The summed E-state index contributed by atoms with van der Waals surface area (Å²) in [6.07, 6.45) is 4.48. The van der Waals surface area contributed by atoms with Crippen molar-refractivity contribution in [1.29, 1.82) is 0 Å². The number of nitrogens with two attached hydrogens (primary N) is 1. The number of rotatable bonds is 8. The van der Waals surface area contributed by atoms with Crippen LogP contribution in [0.25, 0.3) is 0 Å². The molecule has 0 saturated heterocycles. The third-order valence-electron chi connectivity index (χ3n) is 6.04. The summed E-state index contributed by atoms with van der Waals surface area (Å²) in [4.78, 5) is 2.59. The van der Waals surface area contributed by atoms with Gasteiger partial charge in [-0.3, -0.25) is 4.90 Å². The molecule has 4 nitrogen and oxygen atoms in total. The van der Waals surface area contributed by atoms with E-state index in [0.29, 0.717) is 12.1 Å². The smallest absolute Gasteiger partial charge is 0.127 e. The monoisotopic (exact) mass is 416 g/mol. The molecule has 0 radical (unpaired) electrons. The van der Waals surface area contributed by atoms with Gasteiger partial charge in [0, 0.05) is 25.2 Å². The second kappa shape index (κ2) is 10.5. The van der Waals surface area contributed by atoms with Gasteiger partial charge in [0.15, 0.2) is 0 Å². The quantitative estimate of drug-likeness (QED) is 0.507. The Kier molecular flexibility index (Phi) is 7.23. The lowest BCUT2D eigenvalue weighted by Crippen LogP contribution is -2.40. The van der Waals surface area contributed by atoms with E-state index in [2.05, 4.69) is 41.3 Å². The van der Waals surface area contributed by atoms with Gasteiger partial charge in [-0.05, 0) is 73.2 Å². The summed E-state index contributed by atoms with van der Waals surface area (Å²) in [6.45, 7) is 1.77. The van der Waals surface area contributed by atoms with Gasteiger partial charge >= 0.3 is 0 Å². The number of nitrogens with zero attached hydrogens (tertiary/aromatic N) is 1. The molecule has 0 aromatic heterocycles. The summed E-state index contributed by atoms with van der Waals surface area (Å²) >= 11 is 0. The summed E-state index contributed by atoms with van der Waals surface area (Å²) < 4.78 is 11.5. The molecule has 0 amide bonds. The zero-order valence-electron chi connectivity index (χ0n) is 18.2. The van der Waals surface area contributed by atoms with Crippen LogP contribution in [0.4, 0.5) is 0 Å². The van der Waals surface area contributed by atoms with E-state index in [0.717, 1.165) is 56.0 Å². The average Bonchev–Trinajstić information content (AvgIpc) is 2.80. The highest BCUT2D eigenvalue weighted by atomic mass is 16.5. The third-order valence-corrected chi connectivity index (χ3v) is 6.04. The Morgan fingerprint density at radius 2 is 1.32 bits per heavy atom. The van der Waals surface area contributed by atoms with E-state index in [-0.39, 0.29) is 0 Å². The van der Waals surface area contributed by atoms with Crippen LogP contribution >= 0.6 is 0 Å². The third kappa shape index (κ3) is 6.09. The van der Waals surface area contributed by atoms with Crippen molar-refractivity contribution in [2.75, 3.05) is 7.11 Å². The average molecular weight is 417 g/mol. The largest absolute Gasteiger partial charge is 0.497 e. The molecule has 1 aliphatic carbocycles. The van der Waals surface area contributed by atoms with Crippen molar-refractivity contribution in [3.8, 4) is 17.2 Å². The van der Waals surface area contributed by atoms with E-state index < -0.39 is 0 Å². The van der Waals surface area contributed by atoms with Crippen molar-refractivity contribution >= 4 is 0 Å². The van der Waals surface area contributed by atoms with Gasteiger partial charge in [-0.1, -0.05) is 42.5 Å². The predicted octanol–water partition coefficient (Wildman–Crippen LogP) is 5.76. The van der Waals surface area contributed by atoms with Gasteiger partial charge in [-0.2, -0.15) is 0 Å². The van der Waals surface area contributed by atoms with E-state index >= 15 is 0 Å². The maximum atomic E-state index is 6.18. The number of para-hydroxylation sites is 1. The molecule has 0 aliphatic heterocycles. The number of methoxy groups -OCH3 is 1. The van der Waals surface area contributed by atoms with Crippen molar-refractivity contribution < 1.29 is 9.47 Å². The fraction of sp³-hybridized carbons (Fsp3) is 0.333. The zero-order valence-corrected chi connectivity index (χ0v) is 18.2. The van der Waals surface area contributed by atoms with Crippen LogP contribution in [0.1, 0.15) is 36.8 Å². The maximum Gasteiger partial charge on any atom is 0.127 e. The molecular weight excluding hydrogens is 384 g/mol. The second-order valence-corrected chi connectivity index (χ2v) is 8.39. The van der Waals surface area contributed by atoms with Gasteiger partial charge in [-0.25, -0.2) is 0 Å². The van der Waals surface area contributed by atoms with Crippen LogP contribution in [0.3, 0.4) is 0 Å². The van der Waals surface area contributed by atoms with Gasteiger partial charge in [0.25, 0.3) is 0 Å². The Morgan fingerprint density at radius 3 is 1.97 bits per heavy atom. The first kappa shape index (κ1) is 21.4. The first-order valence-electron chi connectivity index (χ1n) is 11.1. The lowest BCUT2D eigenvalue weighted by Gasteiger charge is -2.36. The number of benzene rings is 3. The molecule has 1 aliphatic rings. The van der Waals surface area contributed by atoms with Crippen molar-refractivity contribution in [2.45, 2.75) is 50.9 Å². The van der Waals surface area contributed by atoms with Gasteiger partial charge in [-0.15, -0.1) is 0 Å². The number of hydrogen-bond acceptors (Lipinski definition) is 4. The summed E-state index contributed by atoms with van der Waals surface area (Å²) in [5, 5.41) is 0. The molecule has 31 heavy (non-hydrogen) atoms. The van der Waals surface area contributed by atoms with Gasteiger partial charge in [0.1, 0.15) is 17.2 Å². The fourth-order valence-electron chi connectivity index (χ4n) is 4.35. The minimum atomic E-state index is 0.345. The van der Waals surface area contributed by atoms with Crippen LogP contribution < -0.4 is 15.2 Å². The van der Waals surface area contributed by atoms with Crippen molar-refractivity contribution in [3.63, 3.8) is 0 Å². The topological polar surface area (TPSA) is 47.7 Å². The van der Waals surface area contributed by atoms with Crippen LogP contribution in [0.2, 0.25) is 0 Å². The van der Waals surface area contributed by atoms with Crippen LogP contribution in [0.5, 0.6) is 17.2 Å². The van der Waals surface area contributed by atoms with Gasteiger partial charge in [0.05, 0.1) is 7.11 Å². The van der Waals surface area contributed by atoms with Crippen LogP contribution in [0, 0.1) is 0 Å². The fourth-order valence-corrected chi connectivity index (χ4v) is 4.35. The van der Waals surface area contributed by atoms with Crippen LogP contribution in [0.15, 0.2) is 78.9 Å². The van der Waals surface area contributed by atoms with E-state index in [1.165, 1.54) is 11.1 Å². The molecule has 3 aromatic carbocycles. The minimum Gasteiger partial charge on any atom is -0.497 e. The lowest BCUT2D eigenvalue weighted by atomic mass is 9.90. The number of hydrogen-bond donors (Lipinski definition) is 1. The van der Waals surface area contributed by atoms with Gasteiger partial charge < -0.3 is 15.2 Å². The van der Waals surface area contributed by atoms with Crippen LogP contribution in [-0.4, -0.2) is 24.1 Å². The molecule has 162 valence electrons. The highest BCUT2D eigenvalue weighted by Crippen LogP contribution is 2.28. The van der Waals surface area contributed by atoms with E-state index in [4.69, 9.17) is 15.2 Å². The molecule has 3 aromatic rings. The lowest BCUT2D eigenvalue weighted by molar-refractivity contribution is 0.134. The van der Waals surface area contributed by atoms with E-state index in [1.54, 1.807) is 7.11 Å². The normalized spacial score (nSPS) is 18.7. The molecule has 4 heteroatoms. The van der Waals surface area contributed by atoms with Crippen molar-refractivity contribution in [3.05, 3.63) is 90.0 Å². The molecule has 0 unspecified atom stereocenters. The second-order valence-electron chi connectivity index (χ2n) is 8.39. The zero-order chi connectivity index (χ0) is 21.5. The maximum absolute atomic E-state index is 6.18. The highest BCUT2D eigenvalue weighted by Gasteiger charge is 2.24. The minimum absolute atomic E-state index is 0.345. The highest BCUT2D eigenvalue weighted by molar-refractivity contribution is 5.34. The molecule has 0 heterocycles. The molecular formula is C27H32N2O2. The van der Waals surface area contributed by atoms with Gasteiger partial charge in [0.2, 0.25) is 0 Å². The first-order chi connectivity index (χ1) is 15.2. The Hall–Kier alpha value is -2.82. The predicted molar refractivity (Wildman–Crippen MR) is 125 cm³/mol. The molecule has 2 N–H and O–H groups in total. The summed E-state index contributed by atoms with van der Waals surface area (Å²) in [7, 11) is 1.72. The van der Waals surface area contributed by atoms with E-state index in [9.17, 15) is 0 Å². The molecule has 1 fully saturated rings.